The second kappa shape index (κ2) is 5.37. The number of nitrogens with zero attached hydrogens (tertiary/aromatic N) is 1. The summed E-state index contributed by atoms with van der Waals surface area (Å²) >= 11 is 0. The van der Waals surface area contributed by atoms with Gasteiger partial charge in [-0.2, -0.15) is 0 Å². The van der Waals surface area contributed by atoms with Crippen LogP contribution in [0.4, 0.5) is 0 Å². The third-order valence-electron chi connectivity index (χ3n) is 4.27. The van der Waals surface area contributed by atoms with Crippen molar-refractivity contribution in [2.75, 3.05) is 13.1 Å². The second-order valence-electron chi connectivity index (χ2n) is 9.25. The van der Waals surface area contributed by atoms with Crippen molar-refractivity contribution in [3.05, 3.63) is 0 Å². The number of rotatable bonds is 3. The fourth-order valence-electron chi connectivity index (χ4n) is 3.75. The molecule has 2 nitrogen and oxygen atoms in total. The highest BCUT2D eigenvalue weighted by Crippen LogP contribution is 2.36. The largest absolute Gasteiger partial charge is 0.309 e. The molecule has 1 saturated heterocycles. The van der Waals surface area contributed by atoms with Gasteiger partial charge in [-0.15, -0.1) is 0 Å². The molecule has 0 radical (unpaired) electrons. The van der Waals surface area contributed by atoms with Crippen LogP contribution in [0.5, 0.6) is 0 Å². The summed E-state index contributed by atoms with van der Waals surface area (Å²) in [7, 11) is 0. The molecule has 0 aromatic heterocycles. The lowest BCUT2D eigenvalue weighted by molar-refractivity contribution is -0.0266. The van der Waals surface area contributed by atoms with Gasteiger partial charge in [0, 0.05) is 30.2 Å². The number of nitrogens with one attached hydrogen (secondary N) is 1. The summed E-state index contributed by atoms with van der Waals surface area (Å²) in [6, 6.07) is 0.644. The molecular weight excluding hydrogens is 232 g/mol. The Hall–Kier alpha value is -0.0800. The smallest absolute Gasteiger partial charge is 0.0253 e. The van der Waals surface area contributed by atoms with Gasteiger partial charge < -0.3 is 5.32 Å². The van der Waals surface area contributed by atoms with Crippen LogP contribution in [0.25, 0.3) is 0 Å². The molecule has 1 unspecified atom stereocenters. The summed E-state index contributed by atoms with van der Waals surface area (Å²) in [5.74, 6) is 0.697. The van der Waals surface area contributed by atoms with Crippen molar-refractivity contribution in [1.29, 1.82) is 0 Å². The Labute approximate surface area is 121 Å². The maximum absolute atomic E-state index is 3.71. The Morgan fingerprint density at radius 3 is 2.11 bits per heavy atom. The fraction of sp³-hybridized carbons (Fsp3) is 1.00. The van der Waals surface area contributed by atoms with Gasteiger partial charge in [-0.1, -0.05) is 34.6 Å². The minimum atomic E-state index is 0.223. The minimum absolute atomic E-state index is 0.223. The first-order valence-electron chi connectivity index (χ1n) is 7.86. The molecule has 1 aliphatic rings. The maximum atomic E-state index is 3.71. The van der Waals surface area contributed by atoms with Gasteiger partial charge in [-0.3, -0.25) is 4.90 Å². The van der Waals surface area contributed by atoms with Crippen LogP contribution < -0.4 is 5.32 Å². The molecule has 1 N–H and O–H groups in total. The van der Waals surface area contributed by atoms with E-state index in [2.05, 4.69) is 72.5 Å². The Morgan fingerprint density at radius 2 is 1.68 bits per heavy atom. The zero-order valence-corrected chi connectivity index (χ0v) is 14.7. The van der Waals surface area contributed by atoms with Crippen molar-refractivity contribution in [3.8, 4) is 0 Å². The number of hydrogen-bond donors (Lipinski definition) is 1. The Bertz CT molecular complexity index is 297. The summed E-state index contributed by atoms with van der Waals surface area (Å²) in [4.78, 5) is 2.76. The average molecular weight is 268 g/mol. The van der Waals surface area contributed by atoms with Crippen LogP contribution in [0, 0.1) is 11.3 Å². The highest BCUT2D eigenvalue weighted by molar-refractivity contribution is 5.00. The van der Waals surface area contributed by atoms with E-state index in [4.69, 9.17) is 0 Å². The average Bonchev–Trinajstić information content (AvgIpc) is 2.11. The fourth-order valence-corrected chi connectivity index (χ4v) is 3.75. The molecule has 0 saturated carbocycles. The van der Waals surface area contributed by atoms with Crippen molar-refractivity contribution < 1.29 is 0 Å². The summed E-state index contributed by atoms with van der Waals surface area (Å²) in [5.41, 5.74) is 0.854. The molecule has 1 rings (SSSR count). The molecule has 0 aromatic rings. The predicted octanol–water partition coefficient (Wildman–Crippen LogP) is 3.91. The highest BCUT2D eigenvalue weighted by Gasteiger charge is 2.42. The SMILES string of the molecule is CC(C)C1CNC(C)(C)CN1C(C)(C)CC(C)(C)C. The lowest BCUT2D eigenvalue weighted by Crippen LogP contribution is -2.68. The highest BCUT2D eigenvalue weighted by atomic mass is 15.3. The van der Waals surface area contributed by atoms with Gasteiger partial charge in [0.1, 0.15) is 0 Å². The Kier molecular flexibility index (Phi) is 4.79. The molecule has 1 heterocycles. The molecule has 1 atom stereocenters. The van der Waals surface area contributed by atoms with Crippen molar-refractivity contribution in [2.45, 2.75) is 85.9 Å². The summed E-state index contributed by atoms with van der Waals surface area (Å²) < 4.78 is 0. The lowest BCUT2D eigenvalue weighted by Gasteiger charge is -2.54. The van der Waals surface area contributed by atoms with Crippen molar-refractivity contribution in [2.24, 2.45) is 11.3 Å². The van der Waals surface area contributed by atoms with Crippen LogP contribution in [-0.4, -0.2) is 35.1 Å². The molecule has 2 heteroatoms. The van der Waals surface area contributed by atoms with Crippen molar-refractivity contribution in [1.82, 2.24) is 10.2 Å². The van der Waals surface area contributed by atoms with Gasteiger partial charge >= 0.3 is 0 Å². The molecule has 0 aliphatic carbocycles. The van der Waals surface area contributed by atoms with E-state index in [0.717, 1.165) is 13.1 Å². The molecule has 0 aromatic carbocycles. The second-order valence-corrected chi connectivity index (χ2v) is 9.25. The van der Waals surface area contributed by atoms with Crippen LogP contribution in [-0.2, 0) is 0 Å². The van der Waals surface area contributed by atoms with Gasteiger partial charge in [-0.05, 0) is 45.4 Å². The lowest BCUT2D eigenvalue weighted by atomic mass is 9.78. The zero-order valence-electron chi connectivity index (χ0n) is 14.7. The van der Waals surface area contributed by atoms with Gasteiger partial charge in [0.05, 0.1) is 0 Å². The van der Waals surface area contributed by atoms with Crippen LogP contribution in [0.1, 0.15) is 68.7 Å². The van der Waals surface area contributed by atoms with Crippen LogP contribution in [0.2, 0.25) is 0 Å². The zero-order chi connectivity index (χ0) is 15.1. The van der Waals surface area contributed by atoms with Crippen molar-refractivity contribution >= 4 is 0 Å². The molecule has 1 aliphatic heterocycles. The maximum Gasteiger partial charge on any atom is 0.0253 e. The molecule has 0 spiro atoms. The molecule has 114 valence electrons. The number of piperazine rings is 1. The quantitative estimate of drug-likeness (QED) is 0.835. The Balaban J connectivity index is 2.95. The first-order valence-corrected chi connectivity index (χ1v) is 7.86. The summed E-state index contributed by atoms with van der Waals surface area (Å²) in [6.07, 6.45) is 1.24. The summed E-state index contributed by atoms with van der Waals surface area (Å²) in [6.45, 7) is 23.5. The predicted molar refractivity (Wildman–Crippen MR) is 85.6 cm³/mol. The van der Waals surface area contributed by atoms with E-state index in [1.165, 1.54) is 6.42 Å². The molecule has 0 amide bonds. The van der Waals surface area contributed by atoms with Gasteiger partial charge in [0.15, 0.2) is 0 Å². The summed E-state index contributed by atoms with van der Waals surface area (Å²) in [5, 5.41) is 3.71. The molecule has 0 bridgehead atoms. The van der Waals surface area contributed by atoms with E-state index < -0.39 is 0 Å². The van der Waals surface area contributed by atoms with Crippen LogP contribution in [0.3, 0.4) is 0 Å². The van der Waals surface area contributed by atoms with E-state index >= 15 is 0 Å². The van der Waals surface area contributed by atoms with E-state index in [0.29, 0.717) is 17.4 Å². The number of hydrogen-bond acceptors (Lipinski definition) is 2. The third-order valence-corrected chi connectivity index (χ3v) is 4.27. The molecule has 1 fully saturated rings. The first kappa shape index (κ1) is 17.0. The Morgan fingerprint density at radius 1 is 1.16 bits per heavy atom. The normalized spacial score (nSPS) is 25.9. The standard InChI is InChI=1S/C17H36N2/c1-13(2)14-10-18-16(6,7)12-19(14)17(8,9)11-15(3,4)5/h13-14,18H,10-12H2,1-9H3. The van der Waals surface area contributed by atoms with E-state index in [9.17, 15) is 0 Å². The minimum Gasteiger partial charge on any atom is -0.309 e. The van der Waals surface area contributed by atoms with E-state index in [1.807, 2.05) is 0 Å². The molecular formula is C17H36N2. The van der Waals surface area contributed by atoms with E-state index in [1.54, 1.807) is 0 Å². The van der Waals surface area contributed by atoms with Crippen LogP contribution in [0.15, 0.2) is 0 Å². The van der Waals surface area contributed by atoms with Crippen molar-refractivity contribution in [3.63, 3.8) is 0 Å². The van der Waals surface area contributed by atoms with Gasteiger partial charge in [0.25, 0.3) is 0 Å². The molecule has 19 heavy (non-hydrogen) atoms. The van der Waals surface area contributed by atoms with Gasteiger partial charge in [-0.25, -0.2) is 0 Å². The van der Waals surface area contributed by atoms with Gasteiger partial charge in [0.2, 0.25) is 0 Å². The first-order chi connectivity index (χ1) is 8.34. The monoisotopic (exact) mass is 268 g/mol. The van der Waals surface area contributed by atoms with E-state index in [-0.39, 0.29) is 11.1 Å². The topological polar surface area (TPSA) is 15.3 Å². The third kappa shape index (κ3) is 4.75. The van der Waals surface area contributed by atoms with Crippen LogP contribution >= 0.6 is 0 Å².